The van der Waals surface area contributed by atoms with E-state index in [4.69, 9.17) is 4.74 Å². The summed E-state index contributed by atoms with van der Waals surface area (Å²) in [7, 11) is -2.34. The van der Waals surface area contributed by atoms with Gasteiger partial charge in [-0.3, -0.25) is 4.79 Å². The Balaban J connectivity index is 1.62. The van der Waals surface area contributed by atoms with Gasteiger partial charge in [0.25, 0.3) is 0 Å². The maximum absolute atomic E-state index is 13.3. The van der Waals surface area contributed by atoms with Crippen molar-refractivity contribution in [2.24, 2.45) is 5.92 Å². The molecule has 2 aromatic rings. The maximum Gasteiger partial charge on any atom is 0.246 e. The first kappa shape index (κ1) is 23.2. The van der Waals surface area contributed by atoms with E-state index in [0.717, 1.165) is 36.3 Å². The average molecular weight is 480 g/mol. The summed E-state index contributed by atoms with van der Waals surface area (Å²) in [5.41, 5.74) is 1.43. The van der Waals surface area contributed by atoms with Gasteiger partial charge >= 0.3 is 0 Å². The van der Waals surface area contributed by atoms with E-state index in [1.54, 1.807) is 18.2 Å². The van der Waals surface area contributed by atoms with Crippen LogP contribution in [0.15, 0.2) is 23.1 Å². The lowest BCUT2D eigenvalue weighted by Crippen LogP contribution is -2.40. The maximum atomic E-state index is 13.3. The molecule has 2 heterocycles. The predicted molar refractivity (Wildman–Crippen MR) is 123 cm³/mol. The van der Waals surface area contributed by atoms with Crippen molar-refractivity contribution in [2.75, 3.05) is 25.5 Å². The first-order valence-corrected chi connectivity index (χ1v) is 13.2. The molecule has 2 N–H and O–H groups in total. The molecular weight excluding hydrogens is 450 g/mol. The number of hydrogen-bond donors (Lipinski definition) is 2. The molecule has 0 radical (unpaired) electrons. The number of aryl methyl sites for hydroxylation is 1. The summed E-state index contributed by atoms with van der Waals surface area (Å²) in [4.78, 5) is 17.9. The third kappa shape index (κ3) is 4.68. The van der Waals surface area contributed by atoms with E-state index in [-0.39, 0.29) is 35.6 Å². The highest BCUT2D eigenvalue weighted by atomic mass is 32.2. The molecule has 1 saturated carbocycles. The molecule has 0 unspecified atom stereocenters. The van der Waals surface area contributed by atoms with Crippen LogP contribution in [0.2, 0.25) is 0 Å². The van der Waals surface area contributed by atoms with Crippen LogP contribution in [0.25, 0.3) is 10.4 Å². The van der Waals surface area contributed by atoms with Crippen molar-refractivity contribution in [3.05, 3.63) is 23.9 Å². The van der Waals surface area contributed by atoms with Gasteiger partial charge in [0.2, 0.25) is 15.9 Å². The third-order valence-electron chi connectivity index (χ3n) is 6.22. The van der Waals surface area contributed by atoms with E-state index in [0.29, 0.717) is 23.5 Å². The fourth-order valence-electron chi connectivity index (χ4n) is 4.35. The number of methoxy groups -OCH3 is 1. The Hall–Kier alpha value is -2.01. The van der Waals surface area contributed by atoms with Crippen molar-refractivity contribution in [1.82, 2.24) is 9.29 Å². The molecule has 0 spiro atoms. The number of carbonyl (C=O) groups is 1. The minimum atomic E-state index is -3.78. The summed E-state index contributed by atoms with van der Waals surface area (Å²) in [6, 6.07) is 5.07. The molecule has 1 saturated heterocycles. The monoisotopic (exact) mass is 479 g/mol. The number of thiazole rings is 1. The molecule has 0 atom stereocenters. The van der Waals surface area contributed by atoms with Crippen LogP contribution in [0.3, 0.4) is 0 Å². The zero-order valence-corrected chi connectivity index (χ0v) is 20.0. The van der Waals surface area contributed by atoms with Crippen molar-refractivity contribution in [3.8, 4) is 16.2 Å². The van der Waals surface area contributed by atoms with Gasteiger partial charge in [-0.1, -0.05) is 24.2 Å². The molecule has 1 amide bonds. The molecule has 1 aliphatic carbocycles. The van der Waals surface area contributed by atoms with Gasteiger partial charge in [0.1, 0.15) is 10.6 Å². The number of piperidine rings is 1. The Labute approximate surface area is 192 Å². The predicted octanol–water partition coefficient (Wildman–Crippen LogP) is 3.40. The number of nitrogens with zero attached hydrogens (tertiary/aromatic N) is 2. The number of amides is 1. The first-order chi connectivity index (χ1) is 15.3. The second-order valence-corrected chi connectivity index (χ2v) is 11.3. The highest BCUT2D eigenvalue weighted by molar-refractivity contribution is 7.89. The van der Waals surface area contributed by atoms with Crippen molar-refractivity contribution in [3.63, 3.8) is 0 Å². The van der Waals surface area contributed by atoms with Crippen LogP contribution < -0.4 is 10.1 Å². The topological polar surface area (TPSA) is 109 Å². The summed E-state index contributed by atoms with van der Waals surface area (Å²) in [6.07, 6.45) is 4.36. The van der Waals surface area contributed by atoms with Crippen molar-refractivity contribution >= 4 is 32.4 Å². The summed E-state index contributed by atoms with van der Waals surface area (Å²) in [5, 5.41) is 13.2. The number of ether oxygens (including phenoxy) is 1. The molecule has 1 aliphatic heterocycles. The van der Waals surface area contributed by atoms with Gasteiger partial charge in [-0.2, -0.15) is 4.31 Å². The van der Waals surface area contributed by atoms with Crippen LogP contribution in [-0.2, 0) is 14.8 Å². The molecule has 1 aromatic carbocycles. The van der Waals surface area contributed by atoms with Crippen LogP contribution in [0, 0.1) is 12.8 Å². The minimum Gasteiger partial charge on any atom is -0.495 e. The van der Waals surface area contributed by atoms with Crippen LogP contribution in [0.5, 0.6) is 5.75 Å². The number of aliphatic hydroxyl groups is 1. The van der Waals surface area contributed by atoms with Gasteiger partial charge in [0, 0.05) is 19.0 Å². The molecule has 2 fully saturated rings. The van der Waals surface area contributed by atoms with E-state index >= 15 is 0 Å². The van der Waals surface area contributed by atoms with Crippen LogP contribution in [0.4, 0.5) is 5.13 Å². The lowest BCUT2D eigenvalue weighted by Gasteiger charge is -2.29. The number of aliphatic hydroxyl groups excluding tert-OH is 1. The van der Waals surface area contributed by atoms with Gasteiger partial charge in [-0.05, 0) is 56.4 Å². The quantitative estimate of drug-likeness (QED) is 0.657. The van der Waals surface area contributed by atoms with Gasteiger partial charge in [0.15, 0.2) is 5.13 Å². The van der Waals surface area contributed by atoms with Crippen LogP contribution in [-0.4, -0.2) is 55.0 Å². The largest absolute Gasteiger partial charge is 0.495 e. The number of anilines is 1. The summed E-state index contributed by atoms with van der Waals surface area (Å²) in [6.45, 7) is 2.39. The highest BCUT2D eigenvalue weighted by Crippen LogP contribution is 2.38. The first-order valence-electron chi connectivity index (χ1n) is 10.9. The lowest BCUT2D eigenvalue weighted by atomic mass is 10.1. The van der Waals surface area contributed by atoms with Crippen molar-refractivity contribution in [1.29, 1.82) is 0 Å². The molecule has 0 bridgehead atoms. The smallest absolute Gasteiger partial charge is 0.246 e. The summed E-state index contributed by atoms with van der Waals surface area (Å²) < 4.78 is 33.4. The van der Waals surface area contributed by atoms with Crippen molar-refractivity contribution in [2.45, 2.75) is 56.4 Å². The standard InChI is InChI=1S/C22H29N3O5S2/c1-14-20(31-22(23-14)24-21(27)15-5-3-4-6-15)16-7-8-18(30-2)19(13-16)32(28,29)25-11-9-17(26)10-12-25/h7-8,13,15,17,26H,3-6,9-12H2,1-2H3,(H,23,24,27). The van der Waals surface area contributed by atoms with Gasteiger partial charge in [-0.15, -0.1) is 0 Å². The Morgan fingerprint density at radius 2 is 1.91 bits per heavy atom. The molecule has 10 heteroatoms. The Morgan fingerprint density at radius 3 is 2.56 bits per heavy atom. The van der Waals surface area contributed by atoms with Crippen molar-refractivity contribution < 1.29 is 23.1 Å². The Kier molecular flexibility index (Phi) is 6.85. The minimum absolute atomic E-state index is 0.00748. The third-order valence-corrected chi connectivity index (χ3v) is 9.26. The molecule has 4 rings (SSSR count). The molecule has 2 aliphatic rings. The second kappa shape index (κ2) is 9.46. The normalized spacial score (nSPS) is 18.7. The fraction of sp³-hybridized carbons (Fsp3) is 0.545. The van der Waals surface area contributed by atoms with E-state index in [1.807, 2.05) is 6.92 Å². The number of benzene rings is 1. The number of sulfonamides is 1. The van der Waals surface area contributed by atoms with E-state index in [9.17, 15) is 18.3 Å². The van der Waals surface area contributed by atoms with Crippen LogP contribution >= 0.6 is 11.3 Å². The molecule has 174 valence electrons. The highest BCUT2D eigenvalue weighted by Gasteiger charge is 2.32. The number of carbonyl (C=O) groups excluding carboxylic acids is 1. The zero-order chi connectivity index (χ0) is 22.9. The summed E-state index contributed by atoms with van der Waals surface area (Å²) >= 11 is 1.34. The Bertz CT molecular complexity index is 1080. The molecular formula is C22H29N3O5S2. The molecule has 8 nitrogen and oxygen atoms in total. The van der Waals surface area contributed by atoms with E-state index < -0.39 is 16.1 Å². The van der Waals surface area contributed by atoms with E-state index in [1.165, 1.54) is 22.8 Å². The number of rotatable bonds is 6. The lowest BCUT2D eigenvalue weighted by molar-refractivity contribution is -0.119. The van der Waals surface area contributed by atoms with Gasteiger partial charge in [-0.25, -0.2) is 13.4 Å². The number of hydrogen-bond acceptors (Lipinski definition) is 7. The van der Waals surface area contributed by atoms with E-state index in [2.05, 4.69) is 10.3 Å². The van der Waals surface area contributed by atoms with Gasteiger partial charge in [0.05, 0.1) is 23.8 Å². The number of nitrogens with one attached hydrogen (secondary N) is 1. The summed E-state index contributed by atoms with van der Waals surface area (Å²) in [5.74, 6) is 0.327. The SMILES string of the molecule is COc1ccc(-c2sc(NC(=O)C3CCCC3)nc2C)cc1S(=O)(=O)N1CCC(O)CC1. The molecule has 1 aromatic heterocycles. The second-order valence-electron chi connectivity index (χ2n) is 8.41. The zero-order valence-electron chi connectivity index (χ0n) is 18.3. The Morgan fingerprint density at radius 1 is 1.22 bits per heavy atom. The van der Waals surface area contributed by atoms with Gasteiger partial charge < -0.3 is 15.2 Å². The fourth-order valence-corrected chi connectivity index (χ4v) is 6.97. The molecule has 32 heavy (non-hydrogen) atoms. The number of aromatic nitrogens is 1. The van der Waals surface area contributed by atoms with Crippen LogP contribution in [0.1, 0.15) is 44.2 Å². The average Bonchev–Trinajstić information content (AvgIpc) is 3.43.